The molecule has 0 aliphatic heterocycles. The second-order valence-corrected chi connectivity index (χ2v) is 6.37. The molecule has 0 amide bonds. The monoisotopic (exact) mass is 336 g/mol. The van der Waals surface area contributed by atoms with E-state index < -0.39 is 23.7 Å². The van der Waals surface area contributed by atoms with Crippen molar-refractivity contribution in [3.8, 4) is 0 Å². The van der Waals surface area contributed by atoms with E-state index in [1.807, 2.05) is 12.1 Å². The molecule has 0 saturated heterocycles. The van der Waals surface area contributed by atoms with Crippen molar-refractivity contribution in [3.63, 3.8) is 0 Å². The van der Waals surface area contributed by atoms with Gasteiger partial charge in [0.2, 0.25) is 0 Å². The van der Waals surface area contributed by atoms with E-state index in [0.29, 0.717) is 0 Å². The highest BCUT2D eigenvalue weighted by Crippen LogP contribution is 2.44. The SMILES string of the molecule is CC(C(N)Cc1ccccc1)(C(N)Cc1ccccc1)C(F)(F)F. The minimum Gasteiger partial charge on any atom is -0.327 e. The average Bonchev–Trinajstić information content (AvgIpc) is 2.54. The first kappa shape index (κ1) is 18.5. The Hall–Kier alpha value is -1.85. The lowest BCUT2D eigenvalue weighted by Crippen LogP contribution is -2.61. The highest BCUT2D eigenvalue weighted by molar-refractivity contribution is 5.20. The smallest absolute Gasteiger partial charge is 0.327 e. The molecule has 0 spiro atoms. The summed E-state index contributed by atoms with van der Waals surface area (Å²) in [5.74, 6) is 0. The number of rotatable bonds is 6. The van der Waals surface area contributed by atoms with Crippen molar-refractivity contribution in [3.05, 3.63) is 71.8 Å². The van der Waals surface area contributed by atoms with Gasteiger partial charge in [-0.3, -0.25) is 0 Å². The number of nitrogens with two attached hydrogens (primary N) is 2. The van der Waals surface area contributed by atoms with Crippen molar-refractivity contribution in [1.82, 2.24) is 0 Å². The van der Waals surface area contributed by atoms with Gasteiger partial charge in [0, 0.05) is 12.1 Å². The zero-order valence-corrected chi connectivity index (χ0v) is 13.6. The maximum Gasteiger partial charge on any atom is 0.397 e. The quantitative estimate of drug-likeness (QED) is 0.845. The molecule has 4 N–H and O–H groups in total. The van der Waals surface area contributed by atoms with Gasteiger partial charge < -0.3 is 11.5 Å². The van der Waals surface area contributed by atoms with Crippen LogP contribution in [0.1, 0.15) is 18.1 Å². The summed E-state index contributed by atoms with van der Waals surface area (Å²) in [6, 6.07) is 15.6. The Morgan fingerprint density at radius 2 is 1.08 bits per heavy atom. The number of hydrogen-bond acceptors (Lipinski definition) is 2. The molecule has 0 aliphatic rings. The maximum atomic E-state index is 13.9. The lowest BCUT2D eigenvalue weighted by Gasteiger charge is -2.42. The molecule has 5 heteroatoms. The molecule has 2 rings (SSSR count). The van der Waals surface area contributed by atoms with Gasteiger partial charge >= 0.3 is 6.18 Å². The number of hydrogen-bond donors (Lipinski definition) is 2. The fourth-order valence-corrected chi connectivity index (χ4v) is 2.86. The van der Waals surface area contributed by atoms with Crippen LogP contribution in [0.2, 0.25) is 0 Å². The zero-order valence-electron chi connectivity index (χ0n) is 13.6. The summed E-state index contributed by atoms with van der Waals surface area (Å²) >= 11 is 0. The molecular formula is C19H23F3N2. The van der Waals surface area contributed by atoms with Gasteiger partial charge in [0.1, 0.15) is 0 Å². The summed E-state index contributed by atoms with van der Waals surface area (Å²) in [6.07, 6.45) is -4.24. The van der Waals surface area contributed by atoms with Crippen LogP contribution in [0, 0.1) is 5.41 Å². The van der Waals surface area contributed by atoms with E-state index >= 15 is 0 Å². The van der Waals surface area contributed by atoms with E-state index in [4.69, 9.17) is 11.5 Å². The third-order valence-corrected chi connectivity index (χ3v) is 4.75. The summed E-state index contributed by atoms with van der Waals surface area (Å²) in [5.41, 5.74) is 11.4. The predicted molar refractivity (Wildman–Crippen MR) is 90.4 cm³/mol. The van der Waals surface area contributed by atoms with Gasteiger partial charge in [-0.25, -0.2) is 0 Å². The molecule has 2 aromatic rings. The minimum atomic E-state index is -4.49. The molecule has 0 saturated carbocycles. The number of halogens is 3. The number of alkyl halides is 3. The molecule has 2 atom stereocenters. The van der Waals surface area contributed by atoms with Crippen LogP contribution in [-0.2, 0) is 12.8 Å². The Morgan fingerprint density at radius 1 is 0.750 bits per heavy atom. The van der Waals surface area contributed by atoms with Crippen molar-refractivity contribution in [2.24, 2.45) is 16.9 Å². The Labute approximate surface area is 140 Å². The van der Waals surface area contributed by atoms with Crippen LogP contribution in [0.4, 0.5) is 13.2 Å². The van der Waals surface area contributed by atoms with Crippen LogP contribution in [0.15, 0.2) is 60.7 Å². The molecule has 2 aromatic carbocycles. The lowest BCUT2D eigenvalue weighted by atomic mass is 9.71. The van der Waals surface area contributed by atoms with Crippen LogP contribution in [0.5, 0.6) is 0 Å². The third kappa shape index (κ3) is 3.97. The van der Waals surface area contributed by atoms with E-state index in [0.717, 1.165) is 18.1 Å². The Kier molecular flexibility index (Phi) is 5.67. The molecule has 2 nitrogen and oxygen atoms in total. The van der Waals surface area contributed by atoms with Crippen molar-refractivity contribution in [2.45, 2.75) is 38.0 Å². The fourth-order valence-electron chi connectivity index (χ4n) is 2.86. The molecule has 0 bridgehead atoms. The summed E-state index contributed by atoms with van der Waals surface area (Å²) in [5, 5.41) is 0. The molecule has 0 fully saturated rings. The first-order chi connectivity index (χ1) is 11.2. The van der Waals surface area contributed by atoms with Crippen LogP contribution in [0.3, 0.4) is 0 Å². The van der Waals surface area contributed by atoms with Crippen LogP contribution in [-0.4, -0.2) is 18.3 Å². The molecular weight excluding hydrogens is 313 g/mol. The van der Waals surface area contributed by atoms with Gasteiger partial charge in [-0.1, -0.05) is 60.7 Å². The Bertz CT molecular complexity index is 579. The van der Waals surface area contributed by atoms with Crippen LogP contribution >= 0.6 is 0 Å². The lowest BCUT2D eigenvalue weighted by molar-refractivity contribution is -0.232. The second-order valence-electron chi connectivity index (χ2n) is 6.37. The van der Waals surface area contributed by atoms with E-state index in [1.54, 1.807) is 48.5 Å². The minimum absolute atomic E-state index is 0.124. The molecule has 24 heavy (non-hydrogen) atoms. The number of benzene rings is 2. The molecule has 2 unspecified atom stereocenters. The van der Waals surface area contributed by atoms with E-state index in [2.05, 4.69) is 0 Å². The van der Waals surface area contributed by atoms with Crippen molar-refractivity contribution >= 4 is 0 Å². The Morgan fingerprint density at radius 3 is 1.38 bits per heavy atom. The predicted octanol–water partition coefficient (Wildman–Crippen LogP) is 3.70. The highest BCUT2D eigenvalue weighted by Gasteiger charge is 2.58. The van der Waals surface area contributed by atoms with E-state index in [-0.39, 0.29) is 12.8 Å². The van der Waals surface area contributed by atoms with Crippen LogP contribution < -0.4 is 11.5 Å². The zero-order chi connectivity index (χ0) is 17.8. The molecule has 0 heterocycles. The standard InChI is InChI=1S/C19H23F3N2/c1-18(19(20,21)22,16(23)12-14-8-4-2-5-9-14)17(24)13-15-10-6-3-7-11-15/h2-11,16-17H,12-13,23-24H2,1H3. The van der Waals surface area contributed by atoms with Crippen molar-refractivity contribution in [1.29, 1.82) is 0 Å². The molecule has 0 aromatic heterocycles. The topological polar surface area (TPSA) is 52.0 Å². The first-order valence-electron chi connectivity index (χ1n) is 7.91. The first-order valence-corrected chi connectivity index (χ1v) is 7.91. The normalized spacial score (nSPS) is 17.1. The van der Waals surface area contributed by atoms with Gasteiger partial charge in [-0.2, -0.15) is 13.2 Å². The third-order valence-electron chi connectivity index (χ3n) is 4.75. The van der Waals surface area contributed by atoms with Crippen LogP contribution in [0.25, 0.3) is 0 Å². The second kappa shape index (κ2) is 7.36. The summed E-state index contributed by atoms with van der Waals surface area (Å²) in [4.78, 5) is 0. The van der Waals surface area contributed by atoms with Gasteiger partial charge in [-0.05, 0) is 30.9 Å². The van der Waals surface area contributed by atoms with Gasteiger partial charge in [0.15, 0.2) is 0 Å². The van der Waals surface area contributed by atoms with Crippen molar-refractivity contribution in [2.75, 3.05) is 0 Å². The summed E-state index contributed by atoms with van der Waals surface area (Å²) < 4.78 is 41.6. The average molecular weight is 336 g/mol. The summed E-state index contributed by atoms with van der Waals surface area (Å²) in [7, 11) is 0. The van der Waals surface area contributed by atoms with E-state index in [1.165, 1.54) is 0 Å². The fraction of sp³-hybridized carbons (Fsp3) is 0.368. The van der Waals surface area contributed by atoms with Crippen molar-refractivity contribution < 1.29 is 13.2 Å². The van der Waals surface area contributed by atoms with Gasteiger partial charge in [-0.15, -0.1) is 0 Å². The molecule has 0 radical (unpaired) electrons. The maximum absolute atomic E-state index is 13.9. The van der Waals surface area contributed by atoms with E-state index in [9.17, 15) is 13.2 Å². The molecule has 0 aliphatic carbocycles. The van der Waals surface area contributed by atoms with Gasteiger partial charge in [0.25, 0.3) is 0 Å². The summed E-state index contributed by atoms with van der Waals surface area (Å²) in [6.45, 7) is 1.13. The van der Waals surface area contributed by atoms with Gasteiger partial charge in [0.05, 0.1) is 5.41 Å². The largest absolute Gasteiger partial charge is 0.397 e. The Balaban J connectivity index is 2.25. The molecule has 130 valence electrons. The highest BCUT2D eigenvalue weighted by atomic mass is 19.4.